The zero-order valence-electron chi connectivity index (χ0n) is 8.62. The largest absolute Gasteiger partial charge is 0.373 e. The van der Waals surface area contributed by atoms with Crippen molar-refractivity contribution in [3.63, 3.8) is 0 Å². The van der Waals surface area contributed by atoms with Gasteiger partial charge in [0.05, 0.1) is 5.84 Å². The lowest BCUT2D eigenvalue weighted by Gasteiger charge is -2.09. The van der Waals surface area contributed by atoms with Gasteiger partial charge in [0.2, 0.25) is 0 Å². The molecule has 0 aliphatic carbocycles. The van der Waals surface area contributed by atoms with Crippen LogP contribution in [0.1, 0.15) is 17.9 Å². The predicted octanol–water partition coefficient (Wildman–Crippen LogP) is 2.40. The average molecular weight is 223 g/mol. The number of nitrogens with one attached hydrogen (secondary N) is 1. The van der Waals surface area contributed by atoms with E-state index in [1.54, 1.807) is 0 Å². The number of rotatable bonds is 3. The van der Waals surface area contributed by atoms with Crippen molar-refractivity contribution < 1.29 is 0 Å². The molecule has 1 unspecified atom stereocenters. The van der Waals surface area contributed by atoms with Gasteiger partial charge in [-0.1, -0.05) is 30.3 Å². The molecule has 80 valence electrons. The molecule has 1 atom stereocenters. The van der Waals surface area contributed by atoms with Crippen molar-refractivity contribution in [3.05, 3.63) is 35.9 Å². The standard InChI is InChI=1S/C12H15ClN2/c13-6-7-14-12-8-11(9-15-12)10-4-2-1-3-5-10/h1-5,11H,6-9H2,(H,14,15). The van der Waals surface area contributed by atoms with Gasteiger partial charge >= 0.3 is 0 Å². The van der Waals surface area contributed by atoms with E-state index in [1.165, 1.54) is 5.56 Å². The summed E-state index contributed by atoms with van der Waals surface area (Å²) >= 11 is 5.62. The number of nitrogens with zero attached hydrogens (tertiary/aromatic N) is 1. The Bertz CT molecular complexity index is 335. The Morgan fingerprint density at radius 3 is 2.87 bits per heavy atom. The van der Waals surface area contributed by atoms with Gasteiger partial charge in [-0.2, -0.15) is 0 Å². The third-order valence-corrected chi connectivity index (χ3v) is 2.83. The average Bonchev–Trinajstić information content (AvgIpc) is 2.76. The van der Waals surface area contributed by atoms with E-state index < -0.39 is 0 Å². The monoisotopic (exact) mass is 222 g/mol. The minimum absolute atomic E-state index is 0.545. The lowest BCUT2D eigenvalue weighted by atomic mass is 9.98. The first-order valence-electron chi connectivity index (χ1n) is 5.28. The molecule has 0 saturated heterocycles. The minimum atomic E-state index is 0.545. The Hall–Kier alpha value is -1.02. The van der Waals surface area contributed by atoms with Crippen LogP contribution in [0.15, 0.2) is 35.3 Å². The van der Waals surface area contributed by atoms with Gasteiger partial charge in [-0.15, -0.1) is 11.6 Å². The highest BCUT2D eigenvalue weighted by Gasteiger charge is 2.19. The van der Waals surface area contributed by atoms with Crippen molar-refractivity contribution in [2.75, 3.05) is 19.0 Å². The van der Waals surface area contributed by atoms with E-state index in [0.29, 0.717) is 11.8 Å². The number of alkyl halides is 1. The fourth-order valence-corrected chi connectivity index (χ4v) is 1.95. The van der Waals surface area contributed by atoms with Gasteiger partial charge < -0.3 is 5.32 Å². The third-order valence-electron chi connectivity index (χ3n) is 2.64. The molecular weight excluding hydrogens is 208 g/mol. The highest BCUT2D eigenvalue weighted by atomic mass is 35.5. The number of hydrogen-bond donors (Lipinski definition) is 1. The van der Waals surface area contributed by atoms with Crippen LogP contribution in [0.3, 0.4) is 0 Å². The van der Waals surface area contributed by atoms with E-state index in [-0.39, 0.29) is 0 Å². The highest BCUT2D eigenvalue weighted by molar-refractivity contribution is 6.18. The first-order valence-corrected chi connectivity index (χ1v) is 5.81. The van der Waals surface area contributed by atoms with E-state index in [2.05, 4.69) is 34.6 Å². The van der Waals surface area contributed by atoms with Crippen LogP contribution < -0.4 is 5.32 Å². The van der Waals surface area contributed by atoms with E-state index in [9.17, 15) is 0 Å². The zero-order chi connectivity index (χ0) is 10.5. The fourth-order valence-electron chi connectivity index (χ4n) is 1.85. The number of benzene rings is 1. The summed E-state index contributed by atoms with van der Waals surface area (Å²) in [5, 5.41) is 3.25. The summed E-state index contributed by atoms with van der Waals surface area (Å²) in [5.74, 6) is 2.28. The Labute approximate surface area is 95.4 Å². The third kappa shape index (κ3) is 2.72. The van der Waals surface area contributed by atoms with Crippen molar-refractivity contribution in [1.82, 2.24) is 5.32 Å². The molecule has 1 N–H and O–H groups in total. The van der Waals surface area contributed by atoms with Gasteiger partial charge in [-0.3, -0.25) is 4.99 Å². The van der Waals surface area contributed by atoms with Gasteiger partial charge in [0.25, 0.3) is 0 Å². The molecule has 0 spiro atoms. The quantitative estimate of drug-likeness (QED) is 0.781. The second-order valence-corrected chi connectivity index (χ2v) is 4.09. The summed E-state index contributed by atoms with van der Waals surface area (Å²) in [4.78, 5) is 4.48. The summed E-state index contributed by atoms with van der Waals surface area (Å²) in [5.41, 5.74) is 1.38. The number of amidine groups is 1. The SMILES string of the molecule is ClCCNC1=NCC(c2ccccc2)C1. The molecule has 2 nitrogen and oxygen atoms in total. The van der Waals surface area contributed by atoms with Crippen LogP contribution in [-0.4, -0.2) is 24.8 Å². The Balaban J connectivity index is 1.90. The molecule has 0 aromatic heterocycles. The van der Waals surface area contributed by atoms with Crippen LogP contribution in [0.25, 0.3) is 0 Å². The van der Waals surface area contributed by atoms with Crippen molar-refractivity contribution in [1.29, 1.82) is 0 Å². The molecule has 1 aromatic carbocycles. The number of hydrogen-bond acceptors (Lipinski definition) is 2. The van der Waals surface area contributed by atoms with Crippen LogP contribution >= 0.6 is 11.6 Å². The molecule has 15 heavy (non-hydrogen) atoms. The highest BCUT2D eigenvalue weighted by Crippen LogP contribution is 2.24. The first-order chi connectivity index (χ1) is 7.40. The Morgan fingerprint density at radius 1 is 1.33 bits per heavy atom. The predicted molar refractivity (Wildman–Crippen MR) is 64.8 cm³/mol. The van der Waals surface area contributed by atoms with Gasteiger partial charge in [0.1, 0.15) is 0 Å². The van der Waals surface area contributed by atoms with E-state index in [0.717, 1.165) is 25.3 Å². The molecule has 2 rings (SSSR count). The smallest absolute Gasteiger partial charge is 0.0970 e. The van der Waals surface area contributed by atoms with Crippen molar-refractivity contribution in [2.24, 2.45) is 4.99 Å². The van der Waals surface area contributed by atoms with Gasteiger partial charge in [-0.25, -0.2) is 0 Å². The number of halogens is 1. The van der Waals surface area contributed by atoms with Crippen molar-refractivity contribution >= 4 is 17.4 Å². The first kappa shape index (κ1) is 10.5. The lowest BCUT2D eigenvalue weighted by molar-refractivity contribution is 0.773. The van der Waals surface area contributed by atoms with Crippen LogP contribution in [0.4, 0.5) is 0 Å². The van der Waals surface area contributed by atoms with Crippen LogP contribution in [-0.2, 0) is 0 Å². The molecule has 0 radical (unpaired) electrons. The Morgan fingerprint density at radius 2 is 2.13 bits per heavy atom. The second-order valence-electron chi connectivity index (χ2n) is 3.71. The molecule has 1 aliphatic rings. The van der Waals surface area contributed by atoms with E-state index in [1.807, 2.05) is 6.07 Å². The maximum absolute atomic E-state index is 5.62. The zero-order valence-corrected chi connectivity index (χ0v) is 9.37. The topological polar surface area (TPSA) is 24.4 Å². The molecule has 0 fully saturated rings. The van der Waals surface area contributed by atoms with Crippen LogP contribution in [0.2, 0.25) is 0 Å². The van der Waals surface area contributed by atoms with E-state index >= 15 is 0 Å². The maximum atomic E-state index is 5.62. The molecule has 1 aliphatic heterocycles. The molecule has 3 heteroatoms. The summed E-state index contributed by atoms with van der Waals surface area (Å²) in [6.07, 6.45) is 1.01. The summed E-state index contributed by atoms with van der Waals surface area (Å²) in [7, 11) is 0. The summed E-state index contributed by atoms with van der Waals surface area (Å²) in [6.45, 7) is 1.70. The van der Waals surface area contributed by atoms with Gasteiger partial charge in [0, 0.05) is 31.3 Å². The van der Waals surface area contributed by atoms with Crippen LogP contribution in [0.5, 0.6) is 0 Å². The minimum Gasteiger partial charge on any atom is -0.373 e. The second kappa shape index (κ2) is 5.17. The van der Waals surface area contributed by atoms with Gasteiger partial charge in [-0.05, 0) is 5.56 Å². The van der Waals surface area contributed by atoms with Gasteiger partial charge in [0.15, 0.2) is 0 Å². The van der Waals surface area contributed by atoms with Crippen molar-refractivity contribution in [2.45, 2.75) is 12.3 Å². The van der Waals surface area contributed by atoms with Crippen LogP contribution in [0, 0.1) is 0 Å². The molecule has 1 aromatic rings. The fraction of sp³-hybridized carbons (Fsp3) is 0.417. The summed E-state index contributed by atoms with van der Waals surface area (Å²) in [6, 6.07) is 10.6. The molecular formula is C12H15ClN2. The van der Waals surface area contributed by atoms with Crippen molar-refractivity contribution in [3.8, 4) is 0 Å². The number of aliphatic imine (C=N–C) groups is 1. The maximum Gasteiger partial charge on any atom is 0.0970 e. The summed E-state index contributed by atoms with van der Waals surface area (Å²) < 4.78 is 0. The molecule has 0 saturated carbocycles. The lowest BCUT2D eigenvalue weighted by Crippen LogP contribution is -2.24. The van der Waals surface area contributed by atoms with E-state index in [4.69, 9.17) is 11.6 Å². The molecule has 0 bridgehead atoms. The molecule has 1 heterocycles. The normalized spacial score (nSPS) is 20.1. The molecule has 0 amide bonds. The Kier molecular flexibility index (Phi) is 3.62.